The summed E-state index contributed by atoms with van der Waals surface area (Å²) < 4.78 is 0. The van der Waals surface area contributed by atoms with Crippen LogP contribution in [0.3, 0.4) is 0 Å². The van der Waals surface area contributed by atoms with Crippen molar-refractivity contribution in [1.82, 2.24) is 10.2 Å². The molecule has 2 heteroatoms. The molecule has 1 saturated heterocycles. The number of rotatable bonds is 3. The quantitative estimate of drug-likeness (QED) is 0.856. The first-order chi connectivity index (χ1) is 8.16. The summed E-state index contributed by atoms with van der Waals surface area (Å²) in [7, 11) is 0. The van der Waals surface area contributed by atoms with Crippen molar-refractivity contribution in [2.75, 3.05) is 32.7 Å². The molecular formula is C15H22N2. The van der Waals surface area contributed by atoms with Crippen molar-refractivity contribution in [3.8, 4) is 0 Å². The van der Waals surface area contributed by atoms with Gasteiger partial charge in [0, 0.05) is 32.7 Å². The Balaban J connectivity index is 2.01. The van der Waals surface area contributed by atoms with Gasteiger partial charge in [0.2, 0.25) is 0 Å². The van der Waals surface area contributed by atoms with Crippen LogP contribution in [0.5, 0.6) is 0 Å². The maximum Gasteiger partial charge on any atom is 0.0234 e. The first-order valence-electron chi connectivity index (χ1n) is 6.35. The van der Waals surface area contributed by atoms with Crippen LogP contribution in [-0.4, -0.2) is 37.6 Å². The van der Waals surface area contributed by atoms with Crippen molar-refractivity contribution in [1.29, 1.82) is 0 Å². The Bertz CT molecular complexity index is 403. The minimum atomic E-state index is 0.990. The van der Waals surface area contributed by atoms with Gasteiger partial charge < -0.3 is 5.32 Å². The van der Waals surface area contributed by atoms with Gasteiger partial charge in [-0.2, -0.15) is 0 Å². The second-order valence-electron chi connectivity index (χ2n) is 4.93. The highest BCUT2D eigenvalue weighted by molar-refractivity contribution is 5.65. The van der Waals surface area contributed by atoms with E-state index in [1.165, 1.54) is 22.3 Å². The molecule has 1 N–H and O–H groups in total. The molecule has 1 aromatic carbocycles. The summed E-state index contributed by atoms with van der Waals surface area (Å²) in [6.45, 7) is 14.0. The zero-order valence-electron chi connectivity index (χ0n) is 10.9. The molecule has 0 amide bonds. The topological polar surface area (TPSA) is 15.3 Å². The molecule has 0 spiro atoms. The maximum absolute atomic E-state index is 4.23. The fourth-order valence-electron chi connectivity index (χ4n) is 2.19. The standard InChI is InChI=1S/C15H22N2/c1-12-4-5-15(10-13(12)2)14(3)11-17-8-6-16-7-9-17/h4-5,10,16H,3,6-9,11H2,1-2H3. The molecule has 0 radical (unpaired) electrons. The van der Waals surface area contributed by atoms with Crippen LogP contribution < -0.4 is 5.32 Å². The average Bonchev–Trinajstić information content (AvgIpc) is 2.34. The Morgan fingerprint density at radius 1 is 1.24 bits per heavy atom. The second kappa shape index (κ2) is 5.48. The summed E-state index contributed by atoms with van der Waals surface area (Å²) in [6, 6.07) is 6.63. The Morgan fingerprint density at radius 2 is 1.94 bits per heavy atom. The van der Waals surface area contributed by atoms with Crippen LogP contribution in [0.2, 0.25) is 0 Å². The van der Waals surface area contributed by atoms with Gasteiger partial charge in [0.25, 0.3) is 0 Å². The minimum Gasteiger partial charge on any atom is -0.314 e. The monoisotopic (exact) mass is 230 g/mol. The summed E-state index contributed by atoms with van der Waals surface area (Å²) in [5, 5.41) is 3.37. The molecule has 1 fully saturated rings. The highest BCUT2D eigenvalue weighted by atomic mass is 15.2. The predicted molar refractivity (Wildman–Crippen MR) is 74.3 cm³/mol. The van der Waals surface area contributed by atoms with Gasteiger partial charge in [-0.15, -0.1) is 0 Å². The van der Waals surface area contributed by atoms with Crippen LogP contribution in [0.15, 0.2) is 24.8 Å². The third-order valence-electron chi connectivity index (χ3n) is 3.54. The van der Waals surface area contributed by atoms with Crippen LogP contribution in [0.4, 0.5) is 0 Å². The molecule has 2 rings (SSSR count). The van der Waals surface area contributed by atoms with Gasteiger partial charge in [-0.25, -0.2) is 0 Å². The van der Waals surface area contributed by atoms with E-state index in [4.69, 9.17) is 0 Å². The Labute approximate surface area is 104 Å². The Morgan fingerprint density at radius 3 is 2.59 bits per heavy atom. The number of piperazine rings is 1. The van der Waals surface area contributed by atoms with Crippen molar-refractivity contribution < 1.29 is 0 Å². The predicted octanol–water partition coefficient (Wildman–Crippen LogP) is 2.22. The second-order valence-corrected chi connectivity index (χ2v) is 4.93. The third-order valence-corrected chi connectivity index (χ3v) is 3.54. The lowest BCUT2D eigenvalue weighted by Crippen LogP contribution is -2.43. The van der Waals surface area contributed by atoms with E-state index >= 15 is 0 Å². The zero-order valence-corrected chi connectivity index (χ0v) is 10.9. The smallest absolute Gasteiger partial charge is 0.0234 e. The molecule has 2 nitrogen and oxygen atoms in total. The average molecular weight is 230 g/mol. The van der Waals surface area contributed by atoms with Gasteiger partial charge in [0.05, 0.1) is 0 Å². The van der Waals surface area contributed by atoms with Gasteiger partial charge >= 0.3 is 0 Å². The lowest BCUT2D eigenvalue weighted by Gasteiger charge is -2.28. The highest BCUT2D eigenvalue weighted by Crippen LogP contribution is 2.17. The molecule has 0 atom stereocenters. The van der Waals surface area contributed by atoms with Crippen LogP contribution in [0, 0.1) is 13.8 Å². The first kappa shape index (κ1) is 12.3. The van der Waals surface area contributed by atoms with E-state index in [9.17, 15) is 0 Å². The summed E-state index contributed by atoms with van der Waals surface area (Å²) in [5.41, 5.74) is 5.22. The molecule has 0 bridgehead atoms. The molecule has 1 aliphatic heterocycles. The van der Waals surface area contributed by atoms with E-state index in [-0.39, 0.29) is 0 Å². The van der Waals surface area contributed by atoms with Gasteiger partial charge in [-0.1, -0.05) is 24.8 Å². The van der Waals surface area contributed by atoms with Crippen LogP contribution in [0.25, 0.3) is 5.57 Å². The van der Waals surface area contributed by atoms with Gasteiger partial charge in [-0.3, -0.25) is 4.90 Å². The Hall–Kier alpha value is -1.12. The van der Waals surface area contributed by atoms with Crippen LogP contribution in [0.1, 0.15) is 16.7 Å². The van der Waals surface area contributed by atoms with E-state index in [0.29, 0.717) is 0 Å². The van der Waals surface area contributed by atoms with Gasteiger partial charge in [-0.05, 0) is 36.1 Å². The van der Waals surface area contributed by atoms with Crippen molar-refractivity contribution >= 4 is 5.57 Å². The molecule has 0 aliphatic carbocycles. The molecule has 1 aliphatic rings. The number of hydrogen-bond acceptors (Lipinski definition) is 2. The molecule has 1 heterocycles. The molecular weight excluding hydrogens is 208 g/mol. The molecule has 17 heavy (non-hydrogen) atoms. The van der Waals surface area contributed by atoms with Crippen molar-refractivity contribution in [2.45, 2.75) is 13.8 Å². The molecule has 0 saturated carbocycles. The normalized spacial score (nSPS) is 17.1. The fourth-order valence-corrected chi connectivity index (χ4v) is 2.19. The number of nitrogens with zero attached hydrogens (tertiary/aromatic N) is 1. The van der Waals surface area contributed by atoms with E-state index in [2.05, 4.69) is 48.8 Å². The number of hydrogen-bond donors (Lipinski definition) is 1. The molecule has 92 valence electrons. The largest absolute Gasteiger partial charge is 0.314 e. The SMILES string of the molecule is C=C(CN1CCNCC1)c1ccc(C)c(C)c1. The summed E-state index contributed by atoms with van der Waals surface area (Å²) >= 11 is 0. The van der Waals surface area contributed by atoms with Crippen LogP contribution in [-0.2, 0) is 0 Å². The third kappa shape index (κ3) is 3.18. The lowest BCUT2D eigenvalue weighted by atomic mass is 10.0. The van der Waals surface area contributed by atoms with E-state index in [1.807, 2.05) is 0 Å². The van der Waals surface area contributed by atoms with Crippen LogP contribution >= 0.6 is 0 Å². The summed E-state index contributed by atoms with van der Waals surface area (Å²) in [6.07, 6.45) is 0. The van der Waals surface area contributed by atoms with E-state index < -0.39 is 0 Å². The maximum atomic E-state index is 4.23. The summed E-state index contributed by atoms with van der Waals surface area (Å²) in [5.74, 6) is 0. The number of nitrogens with one attached hydrogen (secondary N) is 1. The molecule has 1 aromatic rings. The molecule has 0 unspecified atom stereocenters. The first-order valence-corrected chi connectivity index (χ1v) is 6.35. The van der Waals surface area contributed by atoms with E-state index in [1.54, 1.807) is 0 Å². The highest BCUT2D eigenvalue weighted by Gasteiger charge is 2.11. The van der Waals surface area contributed by atoms with Crippen molar-refractivity contribution in [3.05, 3.63) is 41.5 Å². The minimum absolute atomic E-state index is 0.990. The van der Waals surface area contributed by atoms with Gasteiger partial charge in [0.1, 0.15) is 0 Å². The van der Waals surface area contributed by atoms with Crippen molar-refractivity contribution in [3.63, 3.8) is 0 Å². The van der Waals surface area contributed by atoms with Gasteiger partial charge in [0.15, 0.2) is 0 Å². The molecule has 0 aromatic heterocycles. The number of aryl methyl sites for hydroxylation is 2. The van der Waals surface area contributed by atoms with Crippen molar-refractivity contribution in [2.24, 2.45) is 0 Å². The fraction of sp³-hybridized carbons (Fsp3) is 0.467. The number of benzene rings is 1. The summed E-state index contributed by atoms with van der Waals surface area (Å²) in [4.78, 5) is 2.47. The Kier molecular flexibility index (Phi) is 3.97. The lowest BCUT2D eigenvalue weighted by molar-refractivity contribution is 0.268. The van der Waals surface area contributed by atoms with E-state index in [0.717, 1.165) is 32.7 Å². The zero-order chi connectivity index (χ0) is 12.3.